The van der Waals surface area contributed by atoms with Crippen molar-refractivity contribution in [3.05, 3.63) is 79.4 Å². The molecule has 4 aromatic rings. The Morgan fingerprint density at radius 1 is 0.837 bits per heavy atom. The fraction of sp³-hybridized carbons (Fsp3) is 0.148. The monoisotopic (exact) mass is 655 g/mol. The Labute approximate surface area is 320 Å². The number of amides is 1. The molecule has 43 heavy (non-hydrogen) atoms. The Balaban J connectivity index is -0.00000308. The normalized spacial score (nSPS) is 11.3. The van der Waals surface area contributed by atoms with Crippen LogP contribution in [-0.2, 0) is 25.0 Å². The number of ether oxygens (including phenoxy) is 1. The zero-order valence-corrected chi connectivity index (χ0v) is 31.7. The fourth-order valence-electron chi connectivity index (χ4n) is 4.07. The van der Waals surface area contributed by atoms with Crippen LogP contribution in [0.25, 0.3) is 21.5 Å². The maximum absolute atomic E-state index is 12.3. The molecule has 3 N–H and O–H groups in total. The van der Waals surface area contributed by atoms with Gasteiger partial charge < -0.3 is 14.3 Å². The largest absolute Gasteiger partial charge is 1.00 e. The van der Waals surface area contributed by atoms with Crippen molar-refractivity contribution in [3.63, 3.8) is 0 Å². The topological polar surface area (TPSA) is 172 Å². The number of carbonyl (C=O) groups excluding carboxylic acids is 1. The average molecular weight is 656 g/mol. The van der Waals surface area contributed by atoms with Crippen LogP contribution in [0, 0.1) is 0 Å². The number of azo groups is 1. The molecule has 0 atom stereocenters. The van der Waals surface area contributed by atoms with E-state index >= 15 is 0 Å². The number of carbonyl (C=O) groups is 1. The van der Waals surface area contributed by atoms with Crippen molar-refractivity contribution in [2.75, 3.05) is 13.2 Å². The van der Waals surface area contributed by atoms with E-state index in [0.29, 0.717) is 35.5 Å². The van der Waals surface area contributed by atoms with Gasteiger partial charge in [0, 0.05) is 22.7 Å². The number of nitrogens with zero attached hydrogens (tertiary/aromatic N) is 2. The van der Waals surface area contributed by atoms with E-state index in [1.807, 2.05) is 0 Å². The summed E-state index contributed by atoms with van der Waals surface area (Å²) in [6.07, 6.45) is 2.12. The van der Waals surface area contributed by atoms with Gasteiger partial charge in [-0.05, 0) is 42.5 Å². The zero-order valence-electron chi connectivity index (χ0n) is 27.0. The molecule has 0 bridgehead atoms. The van der Waals surface area contributed by atoms with Crippen molar-refractivity contribution in [2.45, 2.75) is 22.6 Å². The molecule has 0 unspecified atom stereocenters. The number of rotatable bonds is 11. The number of hydrogen-bond donors (Lipinski definition) is 3. The third-order valence-corrected chi connectivity index (χ3v) is 7.69. The minimum atomic E-state index is -4.74. The van der Waals surface area contributed by atoms with E-state index in [4.69, 9.17) is 4.74 Å². The van der Waals surface area contributed by atoms with Gasteiger partial charge in [-0.3, -0.25) is 13.9 Å². The van der Waals surface area contributed by atoms with Gasteiger partial charge in [0.15, 0.2) is 5.75 Å². The van der Waals surface area contributed by atoms with Crippen LogP contribution >= 0.6 is 0 Å². The summed E-state index contributed by atoms with van der Waals surface area (Å²) in [5.74, 6) is -0.525. The Bertz CT molecular complexity index is 1880. The quantitative estimate of drug-likeness (QED) is 0.0496. The molecule has 4 aromatic carbocycles. The summed E-state index contributed by atoms with van der Waals surface area (Å²) >= 11 is 0. The predicted octanol–water partition coefficient (Wildman–Crippen LogP) is -3.29. The molecule has 11 nitrogen and oxygen atoms in total. The standard InChI is InChI=1S/C27H25N3O8S2.3Na.3H/c1-2-25(31)28-15-7-8-16-38-27-24(40(35,36)37)17-18-9-3-4-10-19(18)26(27)30-29-22-13-14-23(39(32,33)34)21-12-6-5-11-20(21)22;;;;;;/h2-6,9-14,17H,1,7-8,15-16H2,(H,28,31)(H,32,33,34)(H,35,36,37);;;;;;/q;3*+1;3*-1. The van der Waals surface area contributed by atoms with E-state index in [9.17, 15) is 30.7 Å². The van der Waals surface area contributed by atoms with E-state index < -0.39 is 25.1 Å². The molecule has 214 valence electrons. The minimum absolute atomic E-state index is 0. The van der Waals surface area contributed by atoms with Crippen LogP contribution in [0.2, 0.25) is 0 Å². The van der Waals surface area contributed by atoms with E-state index in [1.54, 1.807) is 42.5 Å². The van der Waals surface area contributed by atoms with E-state index in [0.717, 1.165) is 6.08 Å². The van der Waals surface area contributed by atoms with Crippen molar-refractivity contribution in [3.8, 4) is 5.75 Å². The Morgan fingerprint density at radius 3 is 2.07 bits per heavy atom. The van der Waals surface area contributed by atoms with Crippen molar-refractivity contribution in [1.82, 2.24) is 5.32 Å². The molecule has 16 heteroatoms. The molecule has 0 aliphatic rings. The smallest absolute Gasteiger partial charge is 1.00 e. The average Bonchev–Trinajstić information content (AvgIpc) is 2.92. The first-order valence-electron chi connectivity index (χ1n) is 12.0. The van der Waals surface area contributed by atoms with Crippen molar-refractivity contribution in [1.29, 1.82) is 0 Å². The number of fused-ring (bicyclic) bond motifs is 2. The second-order valence-electron chi connectivity index (χ2n) is 8.60. The molecule has 0 spiro atoms. The molecule has 0 heterocycles. The SMILES string of the molecule is C=CC(=O)NCCCCOc1c(S(=O)(=O)O)cc2ccccc2c1N=Nc1ccc(S(=O)(=O)O)c2ccccc12.[H-].[H-].[H-].[Na+].[Na+].[Na+]. The van der Waals surface area contributed by atoms with Crippen LogP contribution in [0.1, 0.15) is 17.1 Å². The summed E-state index contributed by atoms with van der Waals surface area (Å²) in [6, 6.07) is 17.0. The van der Waals surface area contributed by atoms with Crippen molar-refractivity contribution in [2.24, 2.45) is 10.2 Å². The Hall–Kier alpha value is -1.17. The van der Waals surface area contributed by atoms with Crippen LogP contribution in [0.5, 0.6) is 5.75 Å². The van der Waals surface area contributed by atoms with E-state index in [2.05, 4.69) is 22.1 Å². The number of benzene rings is 4. The molecule has 0 aliphatic carbocycles. The number of hydrogen-bond acceptors (Lipinski definition) is 8. The summed E-state index contributed by atoms with van der Waals surface area (Å²) in [5, 5.41) is 12.8. The molecule has 0 saturated heterocycles. The molecule has 1 amide bonds. The van der Waals surface area contributed by atoms with E-state index in [1.165, 1.54) is 24.3 Å². The van der Waals surface area contributed by atoms with Gasteiger partial charge in [-0.2, -0.15) is 16.8 Å². The maximum Gasteiger partial charge on any atom is 1.00 e. The first-order valence-corrected chi connectivity index (χ1v) is 14.9. The van der Waals surface area contributed by atoms with Gasteiger partial charge in [0.2, 0.25) is 5.91 Å². The predicted molar refractivity (Wildman–Crippen MR) is 153 cm³/mol. The van der Waals surface area contributed by atoms with Gasteiger partial charge in [-0.15, -0.1) is 10.2 Å². The second kappa shape index (κ2) is 17.5. The summed E-state index contributed by atoms with van der Waals surface area (Å²) in [7, 11) is -9.25. The molecule has 0 aliphatic heterocycles. The number of unbranched alkanes of at least 4 members (excludes halogenated alkanes) is 1. The van der Waals surface area contributed by atoms with Crippen LogP contribution < -0.4 is 98.7 Å². The third kappa shape index (κ3) is 10.2. The first kappa shape index (κ1) is 39.9. The van der Waals surface area contributed by atoms with Gasteiger partial charge in [0.05, 0.1) is 12.3 Å². The summed E-state index contributed by atoms with van der Waals surface area (Å²) < 4.78 is 73.8. The van der Waals surface area contributed by atoms with Gasteiger partial charge in [0.25, 0.3) is 20.2 Å². The summed E-state index contributed by atoms with van der Waals surface area (Å²) in [5.41, 5.74) is 0.280. The van der Waals surface area contributed by atoms with E-state index in [-0.39, 0.29) is 133 Å². The first-order chi connectivity index (χ1) is 19.0. The minimum Gasteiger partial charge on any atom is -1.00 e. The summed E-state index contributed by atoms with van der Waals surface area (Å²) in [6.45, 7) is 3.78. The molecule has 0 fully saturated rings. The van der Waals surface area contributed by atoms with Gasteiger partial charge >= 0.3 is 88.7 Å². The van der Waals surface area contributed by atoms with Crippen LogP contribution in [0.3, 0.4) is 0 Å². The zero-order chi connectivity index (χ0) is 28.9. The van der Waals surface area contributed by atoms with Crippen molar-refractivity contribution >= 4 is 59.1 Å². The van der Waals surface area contributed by atoms with Crippen LogP contribution in [0.15, 0.2) is 99.4 Å². The van der Waals surface area contributed by atoms with Gasteiger partial charge in [-0.1, -0.05) is 55.1 Å². The Morgan fingerprint density at radius 2 is 1.44 bits per heavy atom. The van der Waals surface area contributed by atoms with Crippen LogP contribution in [0.4, 0.5) is 11.4 Å². The molecular formula is C27H28N3Na3O8S2. The van der Waals surface area contributed by atoms with Crippen molar-refractivity contribution < 1.29 is 128 Å². The number of nitrogens with one attached hydrogen (secondary N) is 1. The summed E-state index contributed by atoms with van der Waals surface area (Å²) in [4.78, 5) is 10.5. The Kier molecular flexibility index (Phi) is 16.2. The molecule has 0 aromatic heterocycles. The third-order valence-electron chi connectivity index (χ3n) is 5.92. The van der Waals surface area contributed by atoms with Gasteiger partial charge in [0.1, 0.15) is 15.5 Å². The second-order valence-corrected chi connectivity index (χ2v) is 11.4. The maximum atomic E-state index is 12.3. The van der Waals surface area contributed by atoms with Gasteiger partial charge in [-0.25, -0.2) is 0 Å². The fourth-order valence-corrected chi connectivity index (χ4v) is 5.43. The molecule has 0 saturated carbocycles. The van der Waals surface area contributed by atoms with Crippen LogP contribution in [-0.4, -0.2) is 45.0 Å². The molecule has 4 rings (SSSR count). The molecular weight excluding hydrogens is 627 g/mol. The molecule has 0 radical (unpaired) electrons.